The van der Waals surface area contributed by atoms with Gasteiger partial charge in [-0.15, -0.1) is 0 Å². The summed E-state index contributed by atoms with van der Waals surface area (Å²) in [7, 11) is 0. The second-order valence-electron chi connectivity index (χ2n) is 3.73. The van der Waals surface area contributed by atoms with Crippen molar-refractivity contribution < 1.29 is 4.79 Å². The number of carbonyl (C=O) groups is 1. The van der Waals surface area contributed by atoms with E-state index in [9.17, 15) is 4.79 Å². The van der Waals surface area contributed by atoms with Crippen LogP contribution in [0.2, 0.25) is 0 Å². The molecule has 0 fully saturated rings. The fourth-order valence-corrected chi connectivity index (χ4v) is 1.82. The summed E-state index contributed by atoms with van der Waals surface area (Å²) in [5.41, 5.74) is 1.58. The first-order valence-electron chi connectivity index (χ1n) is 5.58. The molecule has 0 saturated heterocycles. The van der Waals surface area contributed by atoms with E-state index < -0.39 is 0 Å². The normalized spacial score (nSPS) is 9.65. The third-order valence-corrected chi connectivity index (χ3v) is 2.89. The Morgan fingerprint density at radius 2 is 2.24 bits per heavy atom. The highest BCUT2D eigenvalue weighted by molar-refractivity contribution is 9.09. The van der Waals surface area contributed by atoms with Crippen molar-refractivity contribution in [3.8, 4) is 6.07 Å². The van der Waals surface area contributed by atoms with Gasteiger partial charge in [0.05, 0.1) is 11.6 Å². The van der Waals surface area contributed by atoms with Gasteiger partial charge in [-0.2, -0.15) is 5.26 Å². The Kier molecular flexibility index (Phi) is 6.34. The largest absolute Gasteiger partial charge is 0.352 e. The van der Waals surface area contributed by atoms with E-state index >= 15 is 0 Å². The molecule has 0 unspecified atom stereocenters. The fourth-order valence-electron chi connectivity index (χ4n) is 1.42. The minimum absolute atomic E-state index is 0.0633. The third kappa shape index (κ3) is 5.50. The molecule has 0 radical (unpaired) electrons. The van der Waals surface area contributed by atoms with Gasteiger partial charge in [0, 0.05) is 18.3 Å². The second-order valence-corrected chi connectivity index (χ2v) is 4.53. The molecule has 0 bridgehead atoms. The number of hydrogen-bond donors (Lipinski definition) is 1. The summed E-state index contributed by atoms with van der Waals surface area (Å²) in [6.45, 7) is 0.489. The van der Waals surface area contributed by atoms with Gasteiger partial charge in [0.15, 0.2) is 0 Å². The highest BCUT2D eigenvalue weighted by atomic mass is 79.9. The van der Waals surface area contributed by atoms with E-state index in [2.05, 4.69) is 27.3 Å². The maximum Gasteiger partial charge on any atom is 0.220 e. The average molecular weight is 295 g/mol. The number of nitriles is 1. The van der Waals surface area contributed by atoms with Crippen molar-refractivity contribution in [1.29, 1.82) is 5.26 Å². The third-order valence-electron chi connectivity index (χ3n) is 2.33. The van der Waals surface area contributed by atoms with Crippen molar-refractivity contribution in [2.45, 2.75) is 25.8 Å². The van der Waals surface area contributed by atoms with Crippen LogP contribution >= 0.6 is 15.9 Å². The highest BCUT2D eigenvalue weighted by Gasteiger charge is 2.01. The number of hydrogen-bond acceptors (Lipinski definition) is 2. The summed E-state index contributed by atoms with van der Waals surface area (Å²) in [6, 6.07) is 9.35. The Hall–Kier alpha value is -1.34. The van der Waals surface area contributed by atoms with Crippen LogP contribution in [0, 0.1) is 11.3 Å². The zero-order chi connectivity index (χ0) is 12.5. The van der Waals surface area contributed by atoms with Crippen molar-refractivity contribution in [1.82, 2.24) is 5.32 Å². The molecule has 1 amide bonds. The van der Waals surface area contributed by atoms with Crippen LogP contribution in [-0.2, 0) is 11.3 Å². The van der Waals surface area contributed by atoms with E-state index in [-0.39, 0.29) is 5.91 Å². The van der Waals surface area contributed by atoms with Crippen molar-refractivity contribution in [2.24, 2.45) is 0 Å². The van der Waals surface area contributed by atoms with Gasteiger partial charge in [0.25, 0.3) is 0 Å². The quantitative estimate of drug-likeness (QED) is 0.648. The topological polar surface area (TPSA) is 52.9 Å². The molecule has 0 aliphatic rings. The van der Waals surface area contributed by atoms with Gasteiger partial charge >= 0.3 is 0 Å². The summed E-state index contributed by atoms with van der Waals surface area (Å²) in [5.74, 6) is 0.0633. The SMILES string of the molecule is N#Cc1cccc(CNC(=O)CCCCBr)c1. The Balaban J connectivity index is 2.34. The van der Waals surface area contributed by atoms with Crippen LogP contribution in [0.4, 0.5) is 0 Å². The first-order valence-corrected chi connectivity index (χ1v) is 6.70. The molecule has 1 N–H and O–H groups in total. The Labute approximate surface area is 110 Å². The van der Waals surface area contributed by atoms with Crippen LogP contribution < -0.4 is 5.32 Å². The second kappa shape index (κ2) is 7.86. The molecule has 4 heteroatoms. The fraction of sp³-hybridized carbons (Fsp3) is 0.385. The number of carbonyl (C=O) groups excluding carboxylic acids is 1. The molecule has 0 spiro atoms. The maximum absolute atomic E-state index is 11.5. The smallest absolute Gasteiger partial charge is 0.220 e. The van der Waals surface area contributed by atoms with Crippen LogP contribution in [0.5, 0.6) is 0 Å². The van der Waals surface area contributed by atoms with E-state index in [1.54, 1.807) is 12.1 Å². The number of benzene rings is 1. The summed E-state index contributed by atoms with van der Waals surface area (Å²) < 4.78 is 0. The van der Waals surface area contributed by atoms with E-state index in [0.717, 1.165) is 23.7 Å². The molecule has 1 aromatic carbocycles. The van der Waals surface area contributed by atoms with Crippen LogP contribution in [0.1, 0.15) is 30.4 Å². The van der Waals surface area contributed by atoms with Crippen molar-refractivity contribution in [3.05, 3.63) is 35.4 Å². The molecule has 0 aromatic heterocycles. The number of halogens is 1. The number of nitrogens with zero attached hydrogens (tertiary/aromatic N) is 1. The summed E-state index contributed by atoms with van der Waals surface area (Å²) in [5, 5.41) is 12.5. The van der Waals surface area contributed by atoms with Crippen LogP contribution in [0.15, 0.2) is 24.3 Å². The predicted molar refractivity (Wildman–Crippen MR) is 70.6 cm³/mol. The lowest BCUT2D eigenvalue weighted by molar-refractivity contribution is -0.121. The molecule has 17 heavy (non-hydrogen) atoms. The molecule has 90 valence electrons. The Morgan fingerprint density at radius 3 is 2.94 bits per heavy atom. The number of nitrogens with one attached hydrogen (secondary N) is 1. The zero-order valence-corrected chi connectivity index (χ0v) is 11.2. The average Bonchev–Trinajstić information content (AvgIpc) is 2.37. The van der Waals surface area contributed by atoms with Gasteiger partial charge in [0.1, 0.15) is 0 Å². The maximum atomic E-state index is 11.5. The molecule has 0 heterocycles. The number of unbranched alkanes of at least 4 members (excludes halogenated alkanes) is 1. The first kappa shape index (κ1) is 13.7. The number of amides is 1. The minimum atomic E-state index is 0.0633. The van der Waals surface area contributed by atoms with Crippen LogP contribution in [0.3, 0.4) is 0 Å². The zero-order valence-electron chi connectivity index (χ0n) is 9.58. The van der Waals surface area contributed by atoms with E-state index in [4.69, 9.17) is 5.26 Å². The van der Waals surface area contributed by atoms with Gasteiger partial charge in [0.2, 0.25) is 5.91 Å². The van der Waals surface area contributed by atoms with E-state index in [1.165, 1.54) is 0 Å². The first-order chi connectivity index (χ1) is 8.26. The van der Waals surface area contributed by atoms with E-state index in [0.29, 0.717) is 18.5 Å². The van der Waals surface area contributed by atoms with Crippen molar-refractivity contribution >= 4 is 21.8 Å². The number of alkyl halides is 1. The number of rotatable bonds is 6. The van der Waals surface area contributed by atoms with Gasteiger partial charge in [-0.05, 0) is 30.5 Å². The van der Waals surface area contributed by atoms with E-state index in [1.807, 2.05) is 12.1 Å². The Bertz CT molecular complexity index is 412. The molecule has 0 saturated carbocycles. The molecule has 0 aliphatic carbocycles. The predicted octanol–water partition coefficient (Wildman–Crippen LogP) is 2.74. The molecular weight excluding hydrogens is 280 g/mol. The Morgan fingerprint density at radius 1 is 1.41 bits per heavy atom. The highest BCUT2D eigenvalue weighted by Crippen LogP contribution is 2.04. The minimum Gasteiger partial charge on any atom is -0.352 e. The summed E-state index contributed by atoms with van der Waals surface area (Å²) in [4.78, 5) is 11.5. The molecule has 3 nitrogen and oxygen atoms in total. The summed E-state index contributed by atoms with van der Waals surface area (Å²) >= 11 is 3.33. The molecule has 0 aliphatic heterocycles. The van der Waals surface area contributed by atoms with Gasteiger partial charge in [-0.3, -0.25) is 4.79 Å². The van der Waals surface area contributed by atoms with Crippen molar-refractivity contribution in [2.75, 3.05) is 5.33 Å². The monoisotopic (exact) mass is 294 g/mol. The van der Waals surface area contributed by atoms with Gasteiger partial charge in [-0.1, -0.05) is 28.1 Å². The standard InChI is InChI=1S/C13H15BrN2O/c14-7-2-1-6-13(17)16-10-12-5-3-4-11(8-12)9-15/h3-5,8H,1-2,6-7,10H2,(H,16,17). The van der Waals surface area contributed by atoms with Crippen LogP contribution in [-0.4, -0.2) is 11.2 Å². The molecular formula is C13H15BrN2O. The molecule has 0 atom stereocenters. The van der Waals surface area contributed by atoms with Crippen molar-refractivity contribution in [3.63, 3.8) is 0 Å². The lowest BCUT2D eigenvalue weighted by Crippen LogP contribution is -2.22. The van der Waals surface area contributed by atoms with Gasteiger partial charge in [-0.25, -0.2) is 0 Å². The molecule has 1 aromatic rings. The lowest BCUT2D eigenvalue weighted by atomic mass is 10.1. The van der Waals surface area contributed by atoms with Crippen LogP contribution in [0.25, 0.3) is 0 Å². The lowest BCUT2D eigenvalue weighted by Gasteiger charge is -2.05. The molecule has 1 rings (SSSR count). The van der Waals surface area contributed by atoms with Gasteiger partial charge < -0.3 is 5.32 Å². The summed E-state index contributed by atoms with van der Waals surface area (Å²) in [6.07, 6.45) is 2.47.